The topological polar surface area (TPSA) is 75.9 Å². The minimum absolute atomic E-state index is 0.130. The van der Waals surface area contributed by atoms with E-state index in [1.807, 2.05) is 17.0 Å². The number of ether oxygens (including phenoxy) is 1. The van der Waals surface area contributed by atoms with Gasteiger partial charge in [-0.1, -0.05) is 18.2 Å². The summed E-state index contributed by atoms with van der Waals surface area (Å²) in [5, 5.41) is 1.20. The Morgan fingerprint density at radius 2 is 1.96 bits per heavy atom. The number of hydrogen-bond donors (Lipinski definition) is 1. The number of benzene rings is 1. The second kappa shape index (κ2) is 7.96. The number of likely N-dealkylation sites (tertiary alicyclic amines) is 1. The van der Waals surface area contributed by atoms with Crippen molar-refractivity contribution < 1.29 is 14.3 Å². The molecule has 2 aliphatic rings. The quantitative estimate of drug-likeness (QED) is 0.852. The van der Waals surface area contributed by atoms with Crippen LogP contribution in [0.2, 0.25) is 0 Å². The lowest BCUT2D eigenvalue weighted by Gasteiger charge is -2.27. The van der Waals surface area contributed by atoms with Crippen molar-refractivity contribution in [1.82, 2.24) is 9.80 Å². The molecule has 2 aliphatic heterocycles. The van der Waals surface area contributed by atoms with Crippen LogP contribution < -0.4 is 5.73 Å². The Bertz CT molecular complexity index is 844. The van der Waals surface area contributed by atoms with Crippen LogP contribution in [0.5, 0.6) is 0 Å². The third-order valence-electron chi connectivity index (χ3n) is 5.48. The van der Waals surface area contributed by atoms with Crippen LogP contribution in [0.3, 0.4) is 0 Å². The van der Waals surface area contributed by atoms with E-state index in [1.165, 1.54) is 15.6 Å². The van der Waals surface area contributed by atoms with Gasteiger partial charge in [0.25, 0.3) is 5.91 Å². The zero-order valence-corrected chi connectivity index (χ0v) is 16.2. The molecule has 0 saturated carbocycles. The lowest BCUT2D eigenvalue weighted by Crippen LogP contribution is -2.40. The van der Waals surface area contributed by atoms with Gasteiger partial charge in [-0.05, 0) is 30.0 Å². The van der Waals surface area contributed by atoms with Gasteiger partial charge in [0.05, 0.1) is 18.1 Å². The van der Waals surface area contributed by atoms with Crippen LogP contribution in [0.1, 0.15) is 34.0 Å². The molecular weight excluding hydrogens is 362 g/mol. The minimum atomic E-state index is -0.261. The Labute approximate surface area is 162 Å². The van der Waals surface area contributed by atoms with Gasteiger partial charge in [0.15, 0.2) is 0 Å². The summed E-state index contributed by atoms with van der Waals surface area (Å²) in [4.78, 5) is 29.4. The fraction of sp³-hybridized carbons (Fsp3) is 0.500. The summed E-state index contributed by atoms with van der Waals surface area (Å²) in [6.07, 6.45) is 1.39. The van der Waals surface area contributed by atoms with E-state index in [-0.39, 0.29) is 11.8 Å². The van der Waals surface area contributed by atoms with Crippen molar-refractivity contribution in [2.75, 3.05) is 45.9 Å². The van der Waals surface area contributed by atoms with Crippen LogP contribution in [0.25, 0.3) is 10.1 Å². The van der Waals surface area contributed by atoms with Gasteiger partial charge in [-0.2, -0.15) is 0 Å². The highest BCUT2D eigenvalue weighted by atomic mass is 32.1. The highest BCUT2D eigenvalue weighted by Crippen LogP contribution is 2.40. The minimum Gasteiger partial charge on any atom is -0.378 e. The molecule has 2 N–H and O–H groups in total. The third kappa shape index (κ3) is 3.85. The van der Waals surface area contributed by atoms with Crippen molar-refractivity contribution in [3.05, 3.63) is 34.7 Å². The molecule has 3 heterocycles. The molecule has 2 amide bonds. The molecule has 0 aliphatic carbocycles. The van der Waals surface area contributed by atoms with Crippen molar-refractivity contribution in [2.24, 2.45) is 5.73 Å². The molecule has 0 radical (unpaired) electrons. The van der Waals surface area contributed by atoms with Gasteiger partial charge in [-0.15, -0.1) is 11.3 Å². The summed E-state index contributed by atoms with van der Waals surface area (Å²) < 4.78 is 6.57. The Morgan fingerprint density at radius 3 is 2.74 bits per heavy atom. The average molecular weight is 388 g/mol. The zero-order chi connectivity index (χ0) is 18.8. The van der Waals surface area contributed by atoms with Gasteiger partial charge in [-0.25, -0.2) is 0 Å². The predicted molar refractivity (Wildman–Crippen MR) is 106 cm³/mol. The van der Waals surface area contributed by atoms with E-state index in [0.29, 0.717) is 45.2 Å². The van der Waals surface area contributed by atoms with Gasteiger partial charge < -0.3 is 20.3 Å². The van der Waals surface area contributed by atoms with Crippen molar-refractivity contribution in [3.63, 3.8) is 0 Å². The third-order valence-corrected chi connectivity index (χ3v) is 6.66. The molecule has 7 heteroatoms. The standard InChI is InChI=1S/C20H25N3O3S/c21-17(24)6-8-22-7-5-14(13-22)18-15-3-1-2-4-16(15)27-19(18)20(25)23-9-11-26-12-10-23/h1-4,14H,5-13H2,(H2,21,24). The fourth-order valence-electron chi connectivity index (χ4n) is 4.08. The number of thiophene rings is 1. The summed E-state index contributed by atoms with van der Waals surface area (Å²) in [5.41, 5.74) is 6.48. The summed E-state index contributed by atoms with van der Waals surface area (Å²) in [6.45, 7) is 5.03. The van der Waals surface area contributed by atoms with Crippen molar-refractivity contribution >= 4 is 33.2 Å². The highest BCUT2D eigenvalue weighted by Gasteiger charge is 2.32. The number of amides is 2. The summed E-state index contributed by atoms with van der Waals surface area (Å²) in [7, 11) is 0. The molecule has 2 aromatic rings. The molecule has 27 heavy (non-hydrogen) atoms. The number of carbonyl (C=O) groups excluding carboxylic acids is 2. The molecule has 0 spiro atoms. The number of hydrogen-bond acceptors (Lipinski definition) is 5. The van der Waals surface area contributed by atoms with Crippen LogP contribution in [-0.2, 0) is 9.53 Å². The van der Waals surface area contributed by atoms with Crippen LogP contribution in [0.4, 0.5) is 0 Å². The van der Waals surface area contributed by atoms with E-state index in [9.17, 15) is 9.59 Å². The molecule has 6 nitrogen and oxygen atoms in total. The molecule has 1 atom stereocenters. The van der Waals surface area contributed by atoms with Crippen molar-refractivity contribution in [1.29, 1.82) is 0 Å². The normalized spacial score (nSPS) is 21.0. The molecule has 1 unspecified atom stereocenters. The molecule has 1 aromatic carbocycles. The Kier molecular flexibility index (Phi) is 5.43. The summed E-state index contributed by atoms with van der Waals surface area (Å²) in [5.74, 6) is 0.182. The van der Waals surface area contributed by atoms with E-state index in [1.54, 1.807) is 11.3 Å². The molecular formula is C20H25N3O3S. The number of primary amides is 1. The molecule has 2 saturated heterocycles. The second-order valence-electron chi connectivity index (χ2n) is 7.25. The molecule has 0 bridgehead atoms. The smallest absolute Gasteiger partial charge is 0.264 e. The SMILES string of the molecule is NC(=O)CCN1CCC(c2c(C(=O)N3CCOCC3)sc3ccccc23)C1. The lowest BCUT2D eigenvalue weighted by atomic mass is 9.94. The van der Waals surface area contributed by atoms with Gasteiger partial charge in [0.2, 0.25) is 5.91 Å². The Morgan fingerprint density at radius 1 is 1.19 bits per heavy atom. The van der Waals surface area contributed by atoms with Gasteiger partial charge in [0.1, 0.15) is 0 Å². The maximum Gasteiger partial charge on any atom is 0.264 e. The molecule has 4 rings (SSSR count). The Balaban J connectivity index is 1.63. The lowest BCUT2D eigenvalue weighted by molar-refractivity contribution is -0.118. The van der Waals surface area contributed by atoms with E-state index in [0.717, 1.165) is 24.4 Å². The number of nitrogens with two attached hydrogens (primary N) is 1. The monoisotopic (exact) mass is 387 g/mol. The molecule has 144 valence electrons. The fourth-order valence-corrected chi connectivity index (χ4v) is 5.34. The van der Waals surface area contributed by atoms with E-state index in [2.05, 4.69) is 17.0 Å². The second-order valence-corrected chi connectivity index (χ2v) is 8.30. The predicted octanol–water partition coefficient (Wildman–Crippen LogP) is 2.04. The van der Waals surface area contributed by atoms with Crippen molar-refractivity contribution in [3.8, 4) is 0 Å². The van der Waals surface area contributed by atoms with Crippen LogP contribution in [0, 0.1) is 0 Å². The largest absolute Gasteiger partial charge is 0.378 e. The van der Waals surface area contributed by atoms with Crippen LogP contribution in [0.15, 0.2) is 24.3 Å². The van der Waals surface area contributed by atoms with Crippen molar-refractivity contribution in [2.45, 2.75) is 18.8 Å². The maximum absolute atomic E-state index is 13.2. The van der Waals surface area contributed by atoms with Crippen LogP contribution in [-0.4, -0.2) is 67.6 Å². The Hall–Kier alpha value is -1.96. The number of rotatable bonds is 5. The maximum atomic E-state index is 13.2. The number of carbonyl (C=O) groups is 2. The van der Waals surface area contributed by atoms with Gasteiger partial charge in [-0.3, -0.25) is 9.59 Å². The van der Waals surface area contributed by atoms with Gasteiger partial charge >= 0.3 is 0 Å². The van der Waals surface area contributed by atoms with E-state index < -0.39 is 0 Å². The van der Waals surface area contributed by atoms with E-state index in [4.69, 9.17) is 10.5 Å². The molecule has 2 fully saturated rings. The number of nitrogens with zero attached hydrogens (tertiary/aromatic N) is 2. The first-order valence-electron chi connectivity index (χ1n) is 9.52. The highest BCUT2D eigenvalue weighted by molar-refractivity contribution is 7.21. The number of fused-ring (bicyclic) bond motifs is 1. The zero-order valence-electron chi connectivity index (χ0n) is 15.4. The number of morpholine rings is 1. The first kappa shape index (κ1) is 18.4. The van der Waals surface area contributed by atoms with E-state index >= 15 is 0 Å². The average Bonchev–Trinajstić information content (AvgIpc) is 3.30. The first-order valence-corrected chi connectivity index (χ1v) is 10.3. The van der Waals surface area contributed by atoms with Gasteiger partial charge in [0, 0.05) is 43.2 Å². The summed E-state index contributed by atoms with van der Waals surface area (Å²) >= 11 is 1.61. The molecule has 1 aromatic heterocycles. The van der Waals surface area contributed by atoms with Crippen LogP contribution >= 0.6 is 11.3 Å². The summed E-state index contributed by atoms with van der Waals surface area (Å²) in [6, 6.07) is 8.30. The first-order chi connectivity index (χ1) is 13.1.